The maximum atomic E-state index is 11.1. The molecule has 3 heteroatoms. The van der Waals surface area contributed by atoms with Gasteiger partial charge in [-0.25, -0.2) is 0 Å². The van der Waals surface area contributed by atoms with E-state index in [1.165, 1.54) is 7.11 Å². The number of hydrogen-bond acceptors (Lipinski definition) is 2. The summed E-state index contributed by atoms with van der Waals surface area (Å²) in [5.74, 6) is 5.85. The van der Waals surface area contributed by atoms with Crippen molar-refractivity contribution in [3.63, 3.8) is 0 Å². The van der Waals surface area contributed by atoms with E-state index in [0.29, 0.717) is 6.42 Å². The van der Waals surface area contributed by atoms with Crippen molar-refractivity contribution in [3.8, 4) is 11.8 Å². The number of methoxy groups -OCH3 is 1. The monoisotopic (exact) mass is 280 g/mol. The van der Waals surface area contributed by atoms with Crippen LogP contribution in [-0.2, 0) is 16.0 Å². The summed E-state index contributed by atoms with van der Waals surface area (Å²) < 4.78 is 4.61. The molecule has 1 aromatic carbocycles. The Labute approximate surface area is 104 Å². The summed E-state index contributed by atoms with van der Waals surface area (Å²) in [5.41, 5.74) is 1.86. The van der Waals surface area contributed by atoms with Crippen molar-refractivity contribution in [2.75, 3.05) is 12.4 Å². The molecule has 2 nitrogen and oxygen atoms in total. The van der Waals surface area contributed by atoms with Crippen molar-refractivity contribution in [1.29, 1.82) is 0 Å². The van der Waals surface area contributed by atoms with Crippen LogP contribution in [0.5, 0.6) is 0 Å². The number of esters is 1. The third-order valence-corrected chi connectivity index (χ3v) is 2.35. The molecule has 0 N–H and O–H groups in total. The Balaban J connectivity index is 2.72. The first kappa shape index (κ1) is 12.8. The van der Waals surface area contributed by atoms with E-state index in [-0.39, 0.29) is 5.97 Å². The number of hydrogen-bond donors (Lipinski definition) is 0. The van der Waals surface area contributed by atoms with E-state index in [0.717, 1.165) is 22.9 Å². The minimum absolute atomic E-state index is 0.231. The van der Waals surface area contributed by atoms with Crippen LogP contribution in [0.3, 0.4) is 0 Å². The summed E-state index contributed by atoms with van der Waals surface area (Å²) in [7, 11) is 1.39. The molecule has 0 aliphatic carbocycles. The molecule has 0 spiro atoms. The first-order chi connectivity index (χ1) is 7.76. The van der Waals surface area contributed by atoms with E-state index >= 15 is 0 Å². The Bertz CT molecular complexity index is 415. The van der Waals surface area contributed by atoms with Gasteiger partial charge in [-0.3, -0.25) is 4.79 Å². The highest BCUT2D eigenvalue weighted by Gasteiger charge is 2.02. The lowest BCUT2D eigenvalue weighted by Gasteiger charge is -2.00. The summed E-state index contributed by atoms with van der Waals surface area (Å²) in [6.07, 6.45) is 1.12. The highest BCUT2D eigenvalue weighted by atomic mass is 79.9. The summed E-state index contributed by atoms with van der Waals surface area (Å²) in [5, 5.41) is 0.877. The summed E-state index contributed by atoms with van der Waals surface area (Å²) in [6, 6.07) is 7.64. The minimum Gasteiger partial charge on any atom is -0.469 e. The molecule has 0 aromatic heterocycles. The smallest absolute Gasteiger partial charge is 0.309 e. The fourth-order valence-electron chi connectivity index (χ4n) is 1.21. The zero-order valence-electron chi connectivity index (χ0n) is 9.13. The van der Waals surface area contributed by atoms with E-state index in [2.05, 4.69) is 32.5 Å². The Morgan fingerprint density at radius 1 is 1.50 bits per heavy atom. The number of rotatable bonds is 3. The Hall–Kier alpha value is -1.27. The van der Waals surface area contributed by atoms with Crippen LogP contribution in [0.1, 0.15) is 17.5 Å². The van der Waals surface area contributed by atoms with Gasteiger partial charge in [0.05, 0.1) is 13.5 Å². The number of ether oxygens (including phenoxy) is 1. The largest absolute Gasteiger partial charge is 0.469 e. The van der Waals surface area contributed by atoms with Gasteiger partial charge in [0, 0.05) is 17.3 Å². The number of halogens is 1. The molecule has 0 saturated carbocycles. The van der Waals surface area contributed by atoms with Gasteiger partial charge < -0.3 is 4.74 Å². The zero-order valence-corrected chi connectivity index (χ0v) is 10.7. The normalized spacial score (nSPS) is 9.12. The molecule has 0 heterocycles. The zero-order chi connectivity index (χ0) is 11.8. The van der Waals surface area contributed by atoms with Gasteiger partial charge in [0.15, 0.2) is 0 Å². The molecular formula is C13H13BrO2. The van der Waals surface area contributed by atoms with E-state index in [9.17, 15) is 4.79 Å². The third-order valence-electron chi connectivity index (χ3n) is 1.96. The molecule has 1 aromatic rings. The van der Waals surface area contributed by atoms with Crippen molar-refractivity contribution in [1.82, 2.24) is 0 Å². The van der Waals surface area contributed by atoms with Gasteiger partial charge in [-0.05, 0) is 17.7 Å². The molecule has 1 rings (SSSR count). The number of carbonyl (C=O) groups is 1. The number of benzene rings is 1. The second kappa shape index (κ2) is 7.08. The van der Waals surface area contributed by atoms with Crippen molar-refractivity contribution < 1.29 is 9.53 Å². The second-order valence-electron chi connectivity index (χ2n) is 3.19. The average molecular weight is 281 g/mol. The maximum Gasteiger partial charge on any atom is 0.309 e. The van der Waals surface area contributed by atoms with Crippen LogP contribution in [0.15, 0.2) is 24.3 Å². The molecule has 0 bridgehead atoms. The van der Waals surface area contributed by atoms with Crippen molar-refractivity contribution >= 4 is 21.9 Å². The summed E-state index contributed by atoms with van der Waals surface area (Å²) >= 11 is 3.32. The van der Waals surface area contributed by atoms with Gasteiger partial charge in [-0.1, -0.05) is 39.9 Å². The van der Waals surface area contributed by atoms with Crippen molar-refractivity contribution in [2.24, 2.45) is 0 Å². The fourth-order valence-corrected chi connectivity index (χ4v) is 1.41. The SMILES string of the molecule is COC(=O)Cc1cccc(C#CCCBr)c1. The van der Waals surface area contributed by atoms with E-state index < -0.39 is 0 Å². The predicted molar refractivity (Wildman–Crippen MR) is 67.5 cm³/mol. The molecule has 0 unspecified atom stereocenters. The first-order valence-electron chi connectivity index (χ1n) is 4.97. The van der Waals surface area contributed by atoms with Crippen LogP contribution in [-0.4, -0.2) is 18.4 Å². The number of alkyl halides is 1. The molecule has 16 heavy (non-hydrogen) atoms. The van der Waals surface area contributed by atoms with E-state index in [1.54, 1.807) is 0 Å². The molecule has 0 saturated heterocycles. The van der Waals surface area contributed by atoms with Crippen LogP contribution in [0.4, 0.5) is 0 Å². The number of carbonyl (C=O) groups excluding carboxylic acids is 1. The predicted octanol–water partition coefficient (Wildman–Crippen LogP) is 2.54. The molecule has 0 fully saturated rings. The summed E-state index contributed by atoms with van der Waals surface area (Å²) in [6.45, 7) is 0. The van der Waals surface area contributed by atoms with Crippen LogP contribution in [0.25, 0.3) is 0 Å². The molecule has 0 radical (unpaired) electrons. The third kappa shape index (κ3) is 4.50. The average Bonchev–Trinajstić information content (AvgIpc) is 2.30. The lowest BCUT2D eigenvalue weighted by atomic mass is 10.1. The van der Waals surface area contributed by atoms with Gasteiger partial charge in [-0.15, -0.1) is 0 Å². The highest BCUT2D eigenvalue weighted by Crippen LogP contribution is 2.05. The van der Waals surface area contributed by atoms with Gasteiger partial charge in [-0.2, -0.15) is 0 Å². The standard InChI is InChI=1S/C13H13BrO2/c1-16-13(15)10-12-7-4-6-11(9-12)5-2-3-8-14/h4,6-7,9H,3,8,10H2,1H3. The fraction of sp³-hybridized carbons (Fsp3) is 0.308. The minimum atomic E-state index is -0.231. The molecule has 84 valence electrons. The Kier molecular flexibility index (Phi) is 5.66. The van der Waals surface area contributed by atoms with Crippen LogP contribution < -0.4 is 0 Å². The van der Waals surface area contributed by atoms with E-state index in [1.807, 2.05) is 24.3 Å². The Morgan fingerprint density at radius 2 is 2.31 bits per heavy atom. The lowest BCUT2D eigenvalue weighted by molar-refractivity contribution is -0.139. The second-order valence-corrected chi connectivity index (χ2v) is 3.99. The van der Waals surface area contributed by atoms with Crippen molar-refractivity contribution in [2.45, 2.75) is 12.8 Å². The van der Waals surface area contributed by atoms with Gasteiger partial charge in [0.1, 0.15) is 0 Å². The first-order valence-corrected chi connectivity index (χ1v) is 6.09. The molecule has 0 atom stereocenters. The molecular weight excluding hydrogens is 268 g/mol. The van der Waals surface area contributed by atoms with Crippen LogP contribution >= 0.6 is 15.9 Å². The van der Waals surface area contributed by atoms with Crippen LogP contribution in [0.2, 0.25) is 0 Å². The molecule has 0 aliphatic rings. The quantitative estimate of drug-likeness (QED) is 0.483. The Morgan fingerprint density at radius 3 is 3.00 bits per heavy atom. The lowest BCUT2D eigenvalue weighted by Crippen LogP contribution is -2.04. The van der Waals surface area contributed by atoms with Crippen molar-refractivity contribution in [3.05, 3.63) is 35.4 Å². The molecule has 0 amide bonds. The van der Waals surface area contributed by atoms with Gasteiger partial charge in [0.2, 0.25) is 0 Å². The summed E-state index contributed by atoms with van der Waals surface area (Å²) in [4.78, 5) is 11.1. The maximum absolute atomic E-state index is 11.1. The van der Waals surface area contributed by atoms with Gasteiger partial charge >= 0.3 is 5.97 Å². The van der Waals surface area contributed by atoms with Gasteiger partial charge in [0.25, 0.3) is 0 Å². The van der Waals surface area contributed by atoms with Crippen LogP contribution in [0, 0.1) is 11.8 Å². The molecule has 0 aliphatic heterocycles. The topological polar surface area (TPSA) is 26.3 Å². The van der Waals surface area contributed by atoms with E-state index in [4.69, 9.17) is 0 Å². The highest BCUT2D eigenvalue weighted by molar-refractivity contribution is 9.09.